The fourth-order valence-electron chi connectivity index (χ4n) is 3.79. The molecule has 0 spiro atoms. The minimum Gasteiger partial charge on any atom is -0.493 e. The molecule has 2 aromatic rings. The van der Waals surface area contributed by atoms with Crippen LogP contribution in [0.5, 0.6) is 5.75 Å². The molecule has 33 heavy (non-hydrogen) atoms. The molecule has 1 fully saturated rings. The van der Waals surface area contributed by atoms with Gasteiger partial charge in [-0.25, -0.2) is 4.79 Å². The van der Waals surface area contributed by atoms with Crippen molar-refractivity contribution in [2.45, 2.75) is 39.8 Å². The van der Waals surface area contributed by atoms with E-state index < -0.39 is 18.5 Å². The molecular weight excluding hydrogens is 431 g/mol. The first kappa shape index (κ1) is 24.6. The second-order valence-corrected chi connectivity index (χ2v) is 8.74. The zero-order valence-electron chi connectivity index (χ0n) is 19.2. The summed E-state index contributed by atoms with van der Waals surface area (Å²) in [5, 5.41) is 2.89. The average molecular weight is 462 g/mol. The number of likely N-dealkylation sites (tertiary alicyclic amines) is 1. The molecule has 8 heteroatoms. The van der Waals surface area contributed by atoms with Gasteiger partial charge in [0.2, 0.25) is 0 Å². The number of urea groups is 1. The molecule has 0 radical (unpaired) electrons. The van der Waals surface area contributed by atoms with Crippen LogP contribution in [0.15, 0.2) is 48.2 Å². The number of rotatable bonds is 6. The standard InChI is InChI=1S/C25H30F3N3O2/c1-17(13-25(26,27)28)16-33-23-6-4-5-20(12-23)11-21-9-10-31(15-18(21)2)24(32)30-22-8-7-19(3)29-14-22/h4-8,11-12,14,17-18H,9-10,13,15-16H2,1-3H3,(H,30,32). The lowest BCUT2D eigenvalue weighted by molar-refractivity contribution is -0.145. The number of nitrogens with zero attached hydrogens (tertiary/aromatic N) is 2. The Morgan fingerprint density at radius 1 is 1.33 bits per heavy atom. The van der Waals surface area contributed by atoms with E-state index in [-0.39, 0.29) is 18.6 Å². The minimum atomic E-state index is -4.19. The van der Waals surface area contributed by atoms with Crippen molar-refractivity contribution in [3.63, 3.8) is 0 Å². The van der Waals surface area contributed by atoms with Gasteiger partial charge in [0.1, 0.15) is 5.75 Å². The Bertz CT molecular complexity index is 974. The molecule has 2 heterocycles. The predicted molar refractivity (Wildman–Crippen MR) is 123 cm³/mol. The monoisotopic (exact) mass is 461 g/mol. The van der Waals surface area contributed by atoms with Gasteiger partial charge in [-0.3, -0.25) is 4.98 Å². The van der Waals surface area contributed by atoms with Crippen LogP contribution in [-0.4, -0.2) is 41.8 Å². The maximum atomic E-state index is 12.6. The number of alkyl halides is 3. The molecule has 1 aromatic heterocycles. The van der Waals surface area contributed by atoms with Crippen molar-refractivity contribution in [2.24, 2.45) is 11.8 Å². The van der Waals surface area contributed by atoms with Crippen molar-refractivity contribution in [2.75, 3.05) is 25.0 Å². The smallest absolute Gasteiger partial charge is 0.389 e. The normalized spacial score (nSPS) is 18.8. The quantitative estimate of drug-likeness (QED) is 0.548. The van der Waals surface area contributed by atoms with Crippen molar-refractivity contribution in [1.82, 2.24) is 9.88 Å². The molecule has 0 bridgehead atoms. The van der Waals surface area contributed by atoms with Gasteiger partial charge in [0.15, 0.2) is 0 Å². The summed E-state index contributed by atoms with van der Waals surface area (Å²) in [7, 11) is 0. The number of carbonyl (C=O) groups is 1. The molecular formula is C25H30F3N3O2. The zero-order chi connectivity index (χ0) is 24.0. The molecule has 2 amide bonds. The van der Waals surface area contributed by atoms with Crippen molar-refractivity contribution < 1.29 is 22.7 Å². The summed E-state index contributed by atoms with van der Waals surface area (Å²) < 4.78 is 43.1. The topological polar surface area (TPSA) is 54.5 Å². The van der Waals surface area contributed by atoms with Crippen LogP contribution in [0.25, 0.3) is 6.08 Å². The summed E-state index contributed by atoms with van der Waals surface area (Å²) in [5.74, 6) is 0.116. The van der Waals surface area contributed by atoms with Gasteiger partial charge in [0.05, 0.1) is 18.5 Å². The largest absolute Gasteiger partial charge is 0.493 e. The number of halogens is 3. The number of aryl methyl sites for hydroxylation is 1. The fraction of sp³-hybridized carbons (Fsp3) is 0.440. The van der Waals surface area contributed by atoms with Gasteiger partial charge in [0, 0.05) is 25.2 Å². The number of ether oxygens (including phenoxy) is 1. The Morgan fingerprint density at radius 3 is 2.79 bits per heavy atom. The number of amides is 2. The van der Waals surface area contributed by atoms with Crippen LogP contribution in [0.4, 0.5) is 23.7 Å². The highest BCUT2D eigenvalue weighted by Crippen LogP contribution is 2.28. The van der Waals surface area contributed by atoms with Gasteiger partial charge in [0.25, 0.3) is 0 Å². The third kappa shape index (κ3) is 7.80. The van der Waals surface area contributed by atoms with E-state index in [0.29, 0.717) is 24.5 Å². The van der Waals surface area contributed by atoms with Crippen LogP contribution >= 0.6 is 0 Å². The Morgan fingerprint density at radius 2 is 2.12 bits per heavy atom. The lowest BCUT2D eigenvalue weighted by Gasteiger charge is -2.33. The number of piperidine rings is 1. The molecule has 1 saturated heterocycles. The summed E-state index contributed by atoms with van der Waals surface area (Å²) >= 11 is 0. The van der Waals surface area contributed by atoms with Crippen LogP contribution in [0.2, 0.25) is 0 Å². The lowest BCUT2D eigenvalue weighted by Crippen LogP contribution is -2.42. The van der Waals surface area contributed by atoms with Crippen LogP contribution in [0.1, 0.15) is 37.9 Å². The van der Waals surface area contributed by atoms with Gasteiger partial charge in [-0.15, -0.1) is 0 Å². The molecule has 178 valence electrons. The maximum Gasteiger partial charge on any atom is 0.389 e. The first-order valence-corrected chi connectivity index (χ1v) is 11.1. The second kappa shape index (κ2) is 10.7. The lowest BCUT2D eigenvalue weighted by atomic mass is 9.91. The number of hydrogen-bond acceptors (Lipinski definition) is 3. The van der Waals surface area contributed by atoms with Crippen molar-refractivity contribution in [1.29, 1.82) is 0 Å². The Kier molecular flexibility index (Phi) is 8.00. The van der Waals surface area contributed by atoms with Crippen molar-refractivity contribution in [3.05, 3.63) is 59.4 Å². The van der Waals surface area contributed by atoms with Crippen molar-refractivity contribution >= 4 is 17.8 Å². The van der Waals surface area contributed by atoms with E-state index in [1.807, 2.05) is 37.3 Å². The Hall–Kier alpha value is -3.03. The molecule has 2 unspecified atom stereocenters. The summed E-state index contributed by atoms with van der Waals surface area (Å²) in [4.78, 5) is 18.6. The molecule has 1 N–H and O–H groups in total. The van der Waals surface area contributed by atoms with E-state index in [4.69, 9.17) is 4.74 Å². The predicted octanol–water partition coefficient (Wildman–Crippen LogP) is 6.31. The number of anilines is 1. The van der Waals surface area contributed by atoms with Gasteiger partial charge in [-0.1, -0.05) is 37.6 Å². The van der Waals surface area contributed by atoms with E-state index in [9.17, 15) is 18.0 Å². The Labute approximate surface area is 192 Å². The zero-order valence-corrected chi connectivity index (χ0v) is 19.2. The van der Waals surface area contributed by atoms with Crippen molar-refractivity contribution in [3.8, 4) is 5.75 Å². The number of nitrogens with one attached hydrogen (secondary N) is 1. The molecule has 2 atom stereocenters. The molecule has 1 aliphatic heterocycles. The molecule has 0 saturated carbocycles. The van der Waals surface area contributed by atoms with Gasteiger partial charge >= 0.3 is 12.2 Å². The molecule has 1 aromatic carbocycles. The third-order valence-corrected chi connectivity index (χ3v) is 5.57. The number of hydrogen-bond donors (Lipinski definition) is 1. The first-order valence-electron chi connectivity index (χ1n) is 11.1. The highest BCUT2D eigenvalue weighted by Gasteiger charge is 2.30. The summed E-state index contributed by atoms with van der Waals surface area (Å²) in [6, 6.07) is 10.9. The van der Waals surface area contributed by atoms with E-state index >= 15 is 0 Å². The van der Waals surface area contributed by atoms with E-state index in [0.717, 1.165) is 17.7 Å². The maximum absolute atomic E-state index is 12.6. The Balaban J connectivity index is 1.56. The van der Waals surface area contributed by atoms with Gasteiger partial charge in [-0.2, -0.15) is 13.2 Å². The molecule has 1 aliphatic rings. The molecule has 3 rings (SSSR count). The van der Waals surface area contributed by atoms with E-state index in [2.05, 4.69) is 23.3 Å². The number of aromatic nitrogens is 1. The molecule has 0 aliphatic carbocycles. The summed E-state index contributed by atoms with van der Waals surface area (Å²) in [6.45, 7) is 6.71. The van der Waals surface area contributed by atoms with Crippen LogP contribution in [0, 0.1) is 18.8 Å². The van der Waals surface area contributed by atoms with Crippen LogP contribution in [-0.2, 0) is 0 Å². The molecule has 5 nitrogen and oxygen atoms in total. The fourth-order valence-corrected chi connectivity index (χ4v) is 3.79. The summed E-state index contributed by atoms with van der Waals surface area (Å²) in [6.07, 6.45) is -0.581. The third-order valence-electron chi connectivity index (χ3n) is 5.57. The number of carbonyl (C=O) groups excluding carboxylic acids is 1. The van der Waals surface area contributed by atoms with Crippen LogP contribution in [0.3, 0.4) is 0 Å². The van der Waals surface area contributed by atoms with E-state index in [1.54, 1.807) is 17.2 Å². The highest BCUT2D eigenvalue weighted by atomic mass is 19.4. The summed E-state index contributed by atoms with van der Waals surface area (Å²) in [5.41, 5.74) is 3.71. The van der Waals surface area contributed by atoms with Crippen LogP contribution < -0.4 is 10.1 Å². The van der Waals surface area contributed by atoms with E-state index in [1.165, 1.54) is 12.5 Å². The average Bonchev–Trinajstić information content (AvgIpc) is 2.74. The van der Waals surface area contributed by atoms with Gasteiger partial charge in [-0.05, 0) is 55.0 Å². The SMILES string of the molecule is Cc1ccc(NC(=O)N2CCC(=Cc3cccc(OCC(C)CC(F)(F)F)c3)C(C)C2)cn1. The first-order chi connectivity index (χ1) is 15.6. The minimum absolute atomic E-state index is 0.0104. The second-order valence-electron chi connectivity index (χ2n) is 8.74. The number of benzene rings is 1. The van der Waals surface area contributed by atoms with Gasteiger partial charge < -0.3 is 15.0 Å². The highest BCUT2D eigenvalue weighted by molar-refractivity contribution is 5.89. The number of pyridine rings is 1.